The van der Waals surface area contributed by atoms with Crippen LogP contribution in [-0.2, 0) is 14.5 Å². The normalized spacial score (nSPS) is 19.9. The Bertz CT molecular complexity index is 1040. The van der Waals surface area contributed by atoms with Gasteiger partial charge in [-0.3, -0.25) is 14.3 Å². The van der Waals surface area contributed by atoms with Gasteiger partial charge in [0, 0.05) is 49.5 Å². The number of carbonyl (C=O) groups excluding carboxylic acids is 2. The highest BCUT2D eigenvalue weighted by Gasteiger charge is 2.25. The zero-order chi connectivity index (χ0) is 22.4. The standard InChI is InChI=1S/C21H28N4O5S/c1-16(25-10-4-8-22-25)14-20(26)24-9-5-12-31(28,13-11-24)23-21(27)18-7-6-17(29-2)15-19(18)30-3/h4,6-8,10,15-16H,5,9,11-14H2,1-3H3. The van der Waals surface area contributed by atoms with Crippen molar-refractivity contribution < 1.29 is 23.3 Å². The lowest BCUT2D eigenvalue weighted by molar-refractivity contribution is -0.131. The van der Waals surface area contributed by atoms with E-state index < -0.39 is 15.6 Å². The van der Waals surface area contributed by atoms with Crippen LogP contribution in [0.3, 0.4) is 0 Å². The molecule has 2 unspecified atom stereocenters. The van der Waals surface area contributed by atoms with E-state index in [2.05, 4.69) is 9.46 Å². The Labute approximate surface area is 182 Å². The van der Waals surface area contributed by atoms with Gasteiger partial charge in [0.25, 0.3) is 5.91 Å². The van der Waals surface area contributed by atoms with Gasteiger partial charge in [-0.25, -0.2) is 4.21 Å². The van der Waals surface area contributed by atoms with Crippen molar-refractivity contribution in [1.82, 2.24) is 14.7 Å². The second-order valence-electron chi connectivity index (χ2n) is 7.42. The van der Waals surface area contributed by atoms with Gasteiger partial charge in [-0.2, -0.15) is 9.46 Å². The van der Waals surface area contributed by atoms with E-state index in [1.54, 1.807) is 34.0 Å². The molecule has 1 aliphatic heterocycles. The minimum atomic E-state index is -2.78. The molecule has 0 radical (unpaired) electrons. The summed E-state index contributed by atoms with van der Waals surface area (Å²) in [4.78, 5) is 27.2. The molecule has 1 aromatic carbocycles. The number of rotatable bonds is 6. The maximum Gasteiger partial charge on any atom is 0.288 e. The Morgan fingerprint density at radius 3 is 2.71 bits per heavy atom. The molecule has 0 aliphatic carbocycles. The number of hydrogen-bond acceptors (Lipinski definition) is 6. The minimum absolute atomic E-state index is 0.0187. The van der Waals surface area contributed by atoms with Crippen LogP contribution in [0.2, 0.25) is 0 Å². The molecule has 1 aliphatic rings. The third-order valence-corrected chi connectivity index (χ3v) is 7.50. The summed E-state index contributed by atoms with van der Waals surface area (Å²) < 4.78 is 29.5. The van der Waals surface area contributed by atoms with Crippen LogP contribution in [0, 0.1) is 0 Å². The second kappa shape index (κ2) is 9.95. The molecule has 1 fully saturated rings. The van der Waals surface area contributed by atoms with Crippen LogP contribution in [0.15, 0.2) is 41.0 Å². The van der Waals surface area contributed by atoms with E-state index in [0.717, 1.165) is 0 Å². The van der Waals surface area contributed by atoms with E-state index in [0.29, 0.717) is 37.4 Å². The van der Waals surface area contributed by atoms with Gasteiger partial charge in [-0.15, -0.1) is 0 Å². The number of aromatic nitrogens is 2. The fourth-order valence-electron chi connectivity index (χ4n) is 3.48. The van der Waals surface area contributed by atoms with Gasteiger partial charge in [-0.05, 0) is 31.5 Å². The van der Waals surface area contributed by atoms with E-state index in [9.17, 15) is 13.8 Å². The summed E-state index contributed by atoms with van der Waals surface area (Å²) in [6, 6.07) is 6.52. The van der Waals surface area contributed by atoms with Gasteiger partial charge in [0.15, 0.2) is 0 Å². The molecule has 2 atom stereocenters. The van der Waals surface area contributed by atoms with E-state index in [-0.39, 0.29) is 29.0 Å². The first-order chi connectivity index (χ1) is 14.8. The fourth-order valence-corrected chi connectivity index (χ4v) is 5.35. The van der Waals surface area contributed by atoms with Gasteiger partial charge >= 0.3 is 0 Å². The maximum absolute atomic E-state index is 13.3. The SMILES string of the molecule is COc1ccc(C(=O)N=S2(=O)CCCN(C(=O)CC(C)n3cccn3)CC2)c(OC)c1. The smallest absolute Gasteiger partial charge is 0.288 e. The number of nitrogens with zero attached hydrogens (tertiary/aromatic N) is 4. The number of benzene rings is 1. The molecule has 1 aromatic heterocycles. The van der Waals surface area contributed by atoms with Crippen LogP contribution in [-0.4, -0.2) is 69.5 Å². The zero-order valence-electron chi connectivity index (χ0n) is 18.0. The van der Waals surface area contributed by atoms with E-state index in [4.69, 9.17) is 9.47 Å². The Morgan fingerprint density at radius 2 is 2.03 bits per heavy atom. The Morgan fingerprint density at radius 1 is 1.23 bits per heavy atom. The maximum atomic E-state index is 13.3. The molecule has 2 aromatic rings. The van der Waals surface area contributed by atoms with Crippen molar-refractivity contribution >= 4 is 21.5 Å². The summed E-state index contributed by atoms with van der Waals surface area (Å²) in [6.07, 6.45) is 4.34. The summed E-state index contributed by atoms with van der Waals surface area (Å²) in [5, 5.41) is 4.17. The van der Waals surface area contributed by atoms with E-state index in [1.165, 1.54) is 14.2 Å². The van der Waals surface area contributed by atoms with Crippen LogP contribution >= 0.6 is 0 Å². The second-order valence-corrected chi connectivity index (χ2v) is 9.96. The van der Waals surface area contributed by atoms with Gasteiger partial charge in [0.05, 0.1) is 35.6 Å². The molecule has 10 heteroatoms. The third kappa shape index (κ3) is 5.63. The summed E-state index contributed by atoms with van der Waals surface area (Å²) in [5.74, 6) is 0.695. The average molecular weight is 449 g/mol. The molecule has 168 valence electrons. The van der Waals surface area contributed by atoms with Crippen LogP contribution in [0.1, 0.15) is 36.2 Å². The van der Waals surface area contributed by atoms with Gasteiger partial charge in [0.1, 0.15) is 11.5 Å². The Balaban J connectivity index is 1.70. The molecular weight excluding hydrogens is 420 g/mol. The van der Waals surface area contributed by atoms with Gasteiger partial charge < -0.3 is 14.4 Å². The lowest BCUT2D eigenvalue weighted by Crippen LogP contribution is -2.34. The summed E-state index contributed by atoms with van der Waals surface area (Å²) in [7, 11) is 0.193. The quantitative estimate of drug-likeness (QED) is 0.672. The predicted octanol–water partition coefficient (Wildman–Crippen LogP) is 2.39. The van der Waals surface area contributed by atoms with Crippen molar-refractivity contribution in [3.05, 3.63) is 42.2 Å². The number of methoxy groups -OCH3 is 2. The topological polar surface area (TPSA) is 103 Å². The van der Waals surface area contributed by atoms with Crippen molar-refractivity contribution in [3.63, 3.8) is 0 Å². The Hall–Kier alpha value is -2.88. The highest BCUT2D eigenvalue weighted by atomic mass is 32.2. The van der Waals surface area contributed by atoms with Crippen molar-refractivity contribution in [1.29, 1.82) is 0 Å². The molecular formula is C21H28N4O5S. The van der Waals surface area contributed by atoms with Crippen molar-refractivity contribution in [2.45, 2.75) is 25.8 Å². The van der Waals surface area contributed by atoms with Crippen LogP contribution in [0.25, 0.3) is 0 Å². The van der Waals surface area contributed by atoms with Crippen LogP contribution in [0.4, 0.5) is 0 Å². The lowest BCUT2D eigenvalue weighted by Gasteiger charge is -2.22. The average Bonchev–Trinajstić information content (AvgIpc) is 3.23. The van der Waals surface area contributed by atoms with Crippen LogP contribution < -0.4 is 9.47 Å². The van der Waals surface area contributed by atoms with Gasteiger partial charge in [0.2, 0.25) is 5.91 Å². The first-order valence-electron chi connectivity index (χ1n) is 10.1. The fraction of sp³-hybridized carbons (Fsp3) is 0.476. The van der Waals surface area contributed by atoms with E-state index in [1.807, 2.05) is 19.2 Å². The monoisotopic (exact) mass is 448 g/mol. The first-order valence-corrected chi connectivity index (χ1v) is 12.0. The lowest BCUT2D eigenvalue weighted by atomic mass is 10.2. The molecule has 2 amide bonds. The zero-order valence-corrected chi connectivity index (χ0v) is 18.8. The minimum Gasteiger partial charge on any atom is -0.497 e. The summed E-state index contributed by atoms with van der Waals surface area (Å²) in [5.41, 5.74) is 0.233. The molecule has 2 heterocycles. The molecule has 0 saturated carbocycles. The largest absolute Gasteiger partial charge is 0.497 e. The number of hydrogen-bond donors (Lipinski definition) is 0. The van der Waals surface area contributed by atoms with Crippen molar-refractivity contribution in [2.24, 2.45) is 4.36 Å². The molecule has 31 heavy (non-hydrogen) atoms. The van der Waals surface area contributed by atoms with Gasteiger partial charge in [-0.1, -0.05) is 0 Å². The number of carbonyl (C=O) groups is 2. The highest BCUT2D eigenvalue weighted by Crippen LogP contribution is 2.26. The molecule has 1 saturated heterocycles. The predicted molar refractivity (Wildman–Crippen MR) is 117 cm³/mol. The first kappa shape index (κ1) is 22.8. The van der Waals surface area contributed by atoms with Crippen molar-refractivity contribution in [2.75, 3.05) is 38.8 Å². The number of ether oxygens (including phenoxy) is 2. The molecule has 9 nitrogen and oxygen atoms in total. The Kier molecular flexibility index (Phi) is 7.32. The third-order valence-electron chi connectivity index (χ3n) is 5.26. The molecule has 0 spiro atoms. The molecule has 3 rings (SSSR count). The van der Waals surface area contributed by atoms with Crippen molar-refractivity contribution in [3.8, 4) is 11.5 Å². The summed E-state index contributed by atoms with van der Waals surface area (Å²) in [6.45, 7) is 2.74. The van der Waals surface area contributed by atoms with Crippen LogP contribution in [0.5, 0.6) is 11.5 Å². The number of amides is 2. The van der Waals surface area contributed by atoms with E-state index >= 15 is 0 Å². The summed E-state index contributed by atoms with van der Waals surface area (Å²) >= 11 is 0. The molecule has 0 N–H and O–H groups in total. The molecule has 0 bridgehead atoms. The highest BCUT2D eigenvalue weighted by molar-refractivity contribution is 7.93.